The van der Waals surface area contributed by atoms with E-state index < -0.39 is 21.7 Å². The number of rotatable bonds is 6. The van der Waals surface area contributed by atoms with Crippen LogP contribution in [0.25, 0.3) is 22.8 Å². The number of benzene rings is 3. The van der Waals surface area contributed by atoms with Crippen molar-refractivity contribution in [3.63, 3.8) is 0 Å². The number of halogens is 2. The summed E-state index contributed by atoms with van der Waals surface area (Å²) in [7, 11) is -2.28. The molecule has 4 aromatic rings. The van der Waals surface area contributed by atoms with Crippen molar-refractivity contribution in [2.24, 2.45) is 0 Å². The molecule has 0 unspecified atom stereocenters. The Bertz CT molecular complexity index is 1320. The maximum Gasteiger partial charge on any atom is 0.261 e. The smallest absolute Gasteiger partial charge is 0.261 e. The molecule has 0 fully saturated rings. The predicted molar refractivity (Wildman–Crippen MR) is 109 cm³/mol. The number of aromatic nitrogens is 2. The van der Waals surface area contributed by atoms with Crippen LogP contribution in [0.2, 0.25) is 0 Å². The second-order valence-electron chi connectivity index (χ2n) is 6.41. The molecular formula is C21H15F2N3O4S. The fraction of sp³-hybridized carbons (Fsp3) is 0.0476. The summed E-state index contributed by atoms with van der Waals surface area (Å²) in [6.45, 7) is 0. The quantitative estimate of drug-likeness (QED) is 0.472. The molecule has 0 aliphatic carbocycles. The second kappa shape index (κ2) is 8.15. The lowest BCUT2D eigenvalue weighted by Crippen LogP contribution is -2.12. The zero-order valence-corrected chi connectivity index (χ0v) is 16.9. The van der Waals surface area contributed by atoms with Gasteiger partial charge in [-0.25, -0.2) is 17.2 Å². The van der Waals surface area contributed by atoms with Crippen LogP contribution >= 0.6 is 0 Å². The maximum absolute atomic E-state index is 13.4. The fourth-order valence-corrected chi connectivity index (χ4v) is 3.80. The maximum atomic E-state index is 13.4. The zero-order chi connectivity index (χ0) is 22.0. The van der Waals surface area contributed by atoms with Gasteiger partial charge in [-0.15, -0.1) is 0 Å². The van der Waals surface area contributed by atoms with Crippen LogP contribution in [0.1, 0.15) is 0 Å². The molecule has 1 N–H and O–H groups in total. The summed E-state index contributed by atoms with van der Waals surface area (Å²) in [5.41, 5.74) is 1.12. The molecule has 158 valence electrons. The topological polar surface area (TPSA) is 94.3 Å². The van der Waals surface area contributed by atoms with Crippen molar-refractivity contribution in [2.75, 3.05) is 11.8 Å². The van der Waals surface area contributed by atoms with E-state index >= 15 is 0 Å². The first-order valence-electron chi connectivity index (χ1n) is 8.92. The summed E-state index contributed by atoms with van der Waals surface area (Å²) < 4.78 is 64.2. The molecular weight excluding hydrogens is 428 g/mol. The molecule has 0 bridgehead atoms. The number of hydrogen-bond acceptors (Lipinski definition) is 6. The van der Waals surface area contributed by atoms with Gasteiger partial charge in [0.25, 0.3) is 15.9 Å². The lowest BCUT2D eigenvalue weighted by Gasteiger charge is -2.09. The van der Waals surface area contributed by atoms with Crippen LogP contribution in [0.3, 0.4) is 0 Å². The van der Waals surface area contributed by atoms with E-state index in [1.165, 1.54) is 25.3 Å². The average molecular weight is 443 g/mol. The number of sulfonamides is 1. The molecule has 3 aromatic carbocycles. The van der Waals surface area contributed by atoms with Gasteiger partial charge >= 0.3 is 0 Å². The number of nitrogens with one attached hydrogen (secondary N) is 1. The molecule has 0 amide bonds. The summed E-state index contributed by atoms with van der Waals surface area (Å²) >= 11 is 0. The van der Waals surface area contributed by atoms with E-state index in [4.69, 9.17) is 9.26 Å². The van der Waals surface area contributed by atoms with Gasteiger partial charge < -0.3 is 9.26 Å². The highest BCUT2D eigenvalue weighted by Gasteiger charge is 2.16. The summed E-state index contributed by atoms with van der Waals surface area (Å²) in [4.78, 5) is 4.26. The number of anilines is 1. The van der Waals surface area contributed by atoms with E-state index in [1.54, 1.807) is 36.4 Å². The number of hydrogen-bond donors (Lipinski definition) is 1. The normalized spacial score (nSPS) is 11.3. The third-order valence-corrected chi connectivity index (χ3v) is 5.75. The van der Waals surface area contributed by atoms with Gasteiger partial charge in [0.1, 0.15) is 5.75 Å². The minimum atomic E-state index is -3.78. The van der Waals surface area contributed by atoms with Crippen LogP contribution in [-0.4, -0.2) is 25.7 Å². The Labute approximate surface area is 176 Å². The zero-order valence-electron chi connectivity index (χ0n) is 16.0. The van der Waals surface area contributed by atoms with E-state index in [2.05, 4.69) is 14.9 Å². The molecule has 0 spiro atoms. The highest BCUT2D eigenvalue weighted by molar-refractivity contribution is 7.92. The molecule has 0 saturated carbocycles. The highest BCUT2D eigenvalue weighted by Crippen LogP contribution is 2.25. The van der Waals surface area contributed by atoms with E-state index in [0.717, 1.165) is 12.1 Å². The van der Waals surface area contributed by atoms with Crippen molar-refractivity contribution in [1.82, 2.24) is 10.1 Å². The molecule has 0 aliphatic heterocycles. The van der Waals surface area contributed by atoms with Gasteiger partial charge in [-0.05, 0) is 66.7 Å². The molecule has 4 rings (SSSR count). The number of nitrogens with zero attached hydrogens (tertiary/aromatic N) is 2. The Kier molecular flexibility index (Phi) is 5.38. The Hall–Kier alpha value is -3.79. The molecule has 0 radical (unpaired) electrons. The van der Waals surface area contributed by atoms with E-state index in [1.807, 2.05) is 0 Å². The Morgan fingerprint density at radius 1 is 0.903 bits per heavy atom. The summed E-state index contributed by atoms with van der Waals surface area (Å²) in [6.07, 6.45) is 0. The first kappa shape index (κ1) is 20.5. The molecule has 0 atom stereocenters. The average Bonchev–Trinajstić information content (AvgIpc) is 3.26. The number of methoxy groups -OCH3 is 1. The van der Waals surface area contributed by atoms with Crippen molar-refractivity contribution in [3.05, 3.63) is 78.4 Å². The van der Waals surface area contributed by atoms with Crippen LogP contribution in [0.5, 0.6) is 5.75 Å². The summed E-state index contributed by atoms with van der Waals surface area (Å²) in [5, 5.41) is 3.83. The highest BCUT2D eigenvalue weighted by atomic mass is 32.2. The van der Waals surface area contributed by atoms with Gasteiger partial charge in [0.05, 0.1) is 12.0 Å². The van der Waals surface area contributed by atoms with Gasteiger partial charge in [-0.3, -0.25) is 4.72 Å². The molecule has 0 aliphatic rings. The minimum Gasteiger partial charge on any atom is -0.497 e. The van der Waals surface area contributed by atoms with Gasteiger partial charge in [-0.2, -0.15) is 4.98 Å². The van der Waals surface area contributed by atoms with Crippen LogP contribution in [0.15, 0.2) is 76.1 Å². The second-order valence-corrected chi connectivity index (χ2v) is 8.09. The molecule has 1 heterocycles. The van der Waals surface area contributed by atoms with Crippen molar-refractivity contribution in [1.29, 1.82) is 0 Å². The van der Waals surface area contributed by atoms with E-state index in [0.29, 0.717) is 17.0 Å². The Morgan fingerprint density at radius 3 is 2.23 bits per heavy atom. The van der Waals surface area contributed by atoms with Gasteiger partial charge in [-0.1, -0.05) is 5.16 Å². The first-order chi connectivity index (χ1) is 14.9. The van der Waals surface area contributed by atoms with Crippen LogP contribution < -0.4 is 9.46 Å². The van der Waals surface area contributed by atoms with Crippen LogP contribution in [0, 0.1) is 11.6 Å². The third kappa shape index (κ3) is 4.38. The van der Waals surface area contributed by atoms with Crippen molar-refractivity contribution in [3.8, 4) is 28.6 Å². The molecule has 1 aromatic heterocycles. The molecule has 10 heteroatoms. The lowest BCUT2D eigenvalue weighted by molar-refractivity contribution is 0.414. The largest absolute Gasteiger partial charge is 0.497 e. The van der Waals surface area contributed by atoms with E-state index in [-0.39, 0.29) is 22.2 Å². The Balaban J connectivity index is 1.52. The van der Waals surface area contributed by atoms with Crippen molar-refractivity contribution in [2.45, 2.75) is 4.90 Å². The van der Waals surface area contributed by atoms with Gasteiger partial charge in [0.15, 0.2) is 11.6 Å². The first-order valence-corrected chi connectivity index (χ1v) is 10.4. The lowest BCUT2D eigenvalue weighted by atomic mass is 10.2. The van der Waals surface area contributed by atoms with Gasteiger partial charge in [0, 0.05) is 16.8 Å². The minimum absolute atomic E-state index is 0.0261. The Morgan fingerprint density at radius 2 is 1.58 bits per heavy atom. The summed E-state index contributed by atoms with van der Waals surface area (Å²) in [6, 6.07) is 15.5. The van der Waals surface area contributed by atoms with Crippen LogP contribution in [0.4, 0.5) is 14.5 Å². The third-order valence-electron chi connectivity index (χ3n) is 4.36. The van der Waals surface area contributed by atoms with Crippen molar-refractivity contribution >= 4 is 15.7 Å². The standard InChI is InChI=1S/C21H15F2N3O4S/c1-29-16-7-9-17(10-8-16)31(27,28)26-15-5-2-13(3-6-15)20-24-21(30-25-20)14-4-11-18(22)19(23)12-14/h2-12,26H,1H3. The fourth-order valence-electron chi connectivity index (χ4n) is 2.74. The summed E-state index contributed by atoms with van der Waals surface area (Å²) in [5.74, 6) is -1.21. The molecule has 7 nitrogen and oxygen atoms in total. The molecule has 0 saturated heterocycles. The van der Waals surface area contributed by atoms with Gasteiger partial charge in [0.2, 0.25) is 5.82 Å². The van der Waals surface area contributed by atoms with Crippen LogP contribution in [-0.2, 0) is 10.0 Å². The van der Waals surface area contributed by atoms with E-state index in [9.17, 15) is 17.2 Å². The monoisotopic (exact) mass is 443 g/mol. The predicted octanol–water partition coefficient (Wildman–Crippen LogP) is 4.49. The SMILES string of the molecule is COc1ccc(S(=O)(=O)Nc2ccc(-c3noc(-c4ccc(F)c(F)c4)n3)cc2)cc1. The molecule has 31 heavy (non-hydrogen) atoms. The van der Waals surface area contributed by atoms with Crippen molar-refractivity contribution < 1.29 is 26.5 Å². The number of ether oxygens (including phenoxy) is 1.